The molecular formula is C23H25N3O5. The van der Waals surface area contributed by atoms with Crippen LogP contribution in [0, 0.1) is 0 Å². The highest BCUT2D eigenvalue weighted by atomic mass is 16.5. The summed E-state index contributed by atoms with van der Waals surface area (Å²) >= 11 is 0. The number of aromatic amines is 1. The molecular weight excluding hydrogens is 398 g/mol. The van der Waals surface area contributed by atoms with Crippen molar-refractivity contribution in [1.29, 1.82) is 0 Å². The van der Waals surface area contributed by atoms with Crippen LogP contribution < -0.4 is 14.2 Å². The van der Waals surface area contributed by atoms with Crippen molar-refractivity contribution in [2.75, 3.05) is 47.5 Å². The van der Waals surface area contributed by atoms with Gasteiger partial charge in [0.1, 0.15) is 5.69 Å². The molecule has 0 atom stereocenters. The zero-order valence-corrected chi connectivity index (χ0v) is 17.8. The summed E-state index contributed by atoms with van der Waals surface area (Å²) in [5.74, 6) is 1.10. The molecule has 1 N–H and O–H groups in total. The normalized spacial score (nSPS) is 13.9. The maximum atomic E-state index is 13.1. The van der Waals surface area contributed by atoms with E-state index in [1.54, 1.807) is 21.9 Å². The fraction of sp³-hybridized carbons (Fsp3) is 0.304. The van der Waals surface area contributed by atoms with Crippen LogP contribution >= 0.6 is 0 Å². The van der Waals surface area contributed by atoms with Crippen LogP contribution in [0.2, 0.25) is 0 Å². The van der Waals surface area contributed by atoms with Crippen molar-refractivity contribution in [1.82, 2.24) is 14.8 Å². The Morgan fingerprint density at radius 2 is 1.39 bits per heavy atom. The van der Waals surface area contributed by atoms with E-state index in [0.717, 1.165) is 10.9 Å². The molecule has 4 rings (SSSR count). The van der Waals surface area contributed by atoms with Crippen molar-refractivity contribution in [3.63, 3.8) is 0 Å². The molecule has 2 heterocycles. The Labute approximate surface area is 180 Å². The Morgan fingerprint density at radius 1 is 0.806 bits per heavy atom. The average molecular weight is 423 g/mol. The van der Waals surface area contributed by atoms with Gasteiger partial charge in [0, 0.05) is 42.6 Å². The van der Waals surface area contributed by atoms with Crippen LogP contribution in [0.25, 0.3) is 10.9 Å². The summed E-state index contributed by atoms with van der Waals surface area (Å²) in [7, 11) is 4.55. The van der Waals surface area contributed by atoms with Crippen LogP contribution in [0.3, 0.4) is 0 Å². The van der Waals surface area contributed by atoms with E-state index in [-0.39, 0.29) is 11.8 Å². The van der Waals surface area contributed by atoms with Gasteiger partial charge in [0.2, 0.25) is 5.75 Å². The number of aromatic nitrogens is 1. The third kappa shape index (κ3) is 3.88. The monoisotopic (exact) mass is 423 g/mol. The second-order valence-electron chi connectivity index (χ2n) is 7.27. The number of hydrogen-bond acceptors (Lipinski definition) is 5. The molecule has 2 aromatic carbocycles. The molecule has 162 valence electrons. The van der Waals surface area contributed by atoms with E-state index in [9.17, 15) is 9.59 Å². The van der Waals surface area contributed by atoms with E-state index >= 15 is 0 Å². The molecule has 1 aromatic heterocycles. The lowest BCUT2D eigenvalue weighted by atomic mass is 10.1. The number of fused-ring (bicyclic) bond motifs is 1. The van der Waals surface area contributed by atoms with E-state index in [0.29, 0.717) is 54.7 Å². The molecule has 1 saturated heterocycles. The number of hydrogen-bond donors (Lipinski definition) is 1. The highest BCUT2D eigenvalue weighted by Crippen LogP contribution is 2.38. The van der Waals surface area contributed by atoms with Gasteiger partial charge >= 0.3 is 0 Å². The summed E-state index contributed by atoms with van der Waals surface area (Å²) < 4.78 is 16.0. The Balaban J connectivity index is 1.46. The van der Waals surface area contributed by atoms with E-state index in [2.05, 4.69) is 4.98 Å². The van der Waals surface area contributed by atoms with Crippen molar-refractivity contribution < 1.29 is 23.8 Å². The van der Waals surface area contributed by atoms with Crippen molar-refractivity contribution in [3.05, 3.63) is 53.7 Å². The van der Waals surface area contributed by atoms with Crippen molar-refractivity contribution in [3.8, 4) is 17.2 Å². The lowest BCUT2D eigenvalue weighted by Crippen LogP contribution is -2.50. The predicted molar refractivity (Wildman–Crippen MR) is 116 cm³/mol. The number of rotatable bonds is 5. The summed E-state index contributed by atoms with van der Waals surface area (Å²) in [6, 6.07) is 12.9. The number of methoxy groups -OCH3 is 3. The number of H-pyrrole nitrogens is 1. The smallest absolute Gasteiger partial charge is 0.270 e. The Morgan fingerprint density at radius 3 is 1.94 bits per heavy atom. The Kier molecular flexibility index (Phi) is 5.70. The van der Waals surface area contributed by atoms with E-state index in [1.165, 1.54) is 21.3 Å². The third-order valence-corrected chi connectivity index (χ3v) is 5.53. The van der Waals surface area contributed by atoms with Gasteiger partial charge in [0.15, 0.2) is 11.5 Å². The van der Waals surface area contributed by atoms with Crippen LogP contribution in [-0.2, 0) is 0 Å². The van der Waals surface area contributed by atoms with E-state index in [4.69, 9.17) is 14.2 Å². The zero-order valence-electron chi connectivity index (χ0n) is 17.8. The lowest BCUT2D eigenvalue weighted by Gasteiger charge is -2.34. The summed E-state index contributed by atoms with van der Waals surface area (Å²) in [6.45, 7) is 1.82. The van der Waals surface area contributed by atoms with Gasteiger partial charge in [0.25, 0.3) is 11.8 Å². The fourth-order valence-electron chi connectivity index (χ4n) is 3.86. The van der Waals surface area contributed by atoms with Gasteiger partial charge < -0.3 is 29.0 Å². The Hall–Kier alpha value is -3.68. The van der Waals surface area contributed by atoms with Crippen molar-refractivity contribution in [2.45, 2.75) is 0 Å². The average Bonchev–Trinajstić information content (AvgIpc) is 3.26. The summed E-state index contributed by atoms with van der Waals surface area (Å²) in [6.07, 6.45) is 0. The first kappa shape index (κ1) is 20.6. The van der Waals surface area contributed by atoms with Gasteiger partial charge in [-0.25, -0.2) is 0 Å². The number of benzene rings is 2. The summed E-state index contributed by atoms with van der Waals surface area (Å²) in [4.78, 5) is 32.6. The molecule has 8 heteroatoms. The van der Waals surface area contributed by atoms with Gasteiger partial charge in [-0.05, 0) is 24.3 Å². The first-order valence-electron chi connectivity index (χ1n) is 10.0. The minimum atomic E-state index is -0.142. The molecule has 0 aliphatic carbocycles. The largest absolute Gasteiger partial charge is 0.493 e. The van der Waals surface area contributed by atoms with E-state index in [1.807, 2.05) is 30.3 Å². The number of carbonyl (C=O) groups excluding carboxylic acids is 2. The predicted octanol–water partition coefficient (Wildman–Crippen LogP) is 2.79. The minimum absolute atomic E-state index is 0.0592. The molecule has 0 spiro atoms. The topological polar surface area (TPSA) is 84.1 Å². The SMILES string of the molecule is COc1cc(C(=O)N2CCN(C(=O)c3cc4ccccc4[nH]3)CC2)cc(OC)c1OC. The maximum absolute atomic E-state index is 13.1. The number of nitrogens with zero attached hydrogens (tertiary/aromatic N) is 2. The number of carbonyl (C=O) groups is 2. The molecule has 1 aliphatic rings. The molecule has 31 heavy (non-hydrogen) atoms. The number of para-hydroxylation sites is 1. The van der Waals surface area contributed by atoms with Gasteiger partial charge in [0.05, 0.1) is 21.3 Å². The molecule has 8 nitrogen and oxygen atoms in total. The number of nitrogens with one attached hydrogen (secondary N) is 1. The molecule has 0 saturated carbocycles. The zero-order chi connectivity index (χ0) is 22.0. The molecule has 2 amide bonds. The van der Waals surface area contributed by atoms with Crippen LogP contribution in [0.15, 0.2) is 42.5 Å². The van der Waals surface area contributed by atoms with Crippen molar-refractivity contribution >= 4 is 22.7 Å². The van der Waals surface area contributed by atoms with Crippen LogP contribution in [-0.4, -0.2) is 74.1 Å². The fourth-order valence-corrected chi connectivity index (χ4v) is 3.86. The quantitative estimate of drug-likeness (QED) is 0.682. The second-order valence-corrected chi connectivity index (χ2v) is 7.27. The minimum Gasteiger partial charge on any atom is -0.493 e. The van der Waals surface area contributed by atoms with Crippen LogP contribution in [0.4, 0.5) is 0 Å². The first-order chi connectivity index (χ1) is 15.0. The van der Waals surface area contributed by atoms with Crippen LogP contribution in [0.1, 0.15) is 20.8 Å². The molecule has 1 aliphatic heterocycles. The van der Waals surface area contributed by atoms with Crippen molar-refractivity contribution in [2.24, 2.45) is 0 Å². The molecule has 1 fully saturated rings. The standard InChI is InChI=1S/C23H25N3O5/c1-29-19-13-16(14-20(30-2)21(19)31-3)22(27)25-8-10-26(11-9-25)23(28)18-12-15-6-4-5-7-17(15)24-18/h4-7,12-14,24H,8-11H2,1-3H3. The summed E-state index contributed by atoms with van der Waals surface area (Å²) in [5, 5.41) is 1.00. The summed E-state index contributed by atoms with van der Waals surface area (Å²) in [5.41, 5.74) is 1.94. The highest BCUT2D eigenvalue weighted by molar-refractivity contribution is 5.99. The number of amides is 2. The second kappa shape index (κ2) is 8.59. The Bertz CT molecular complexity index is 1060. The van der Waals surface area contributed by atoms with Gasteiger partial charge in [-0.1, -0.05) is 18.2 Å². The van der Waals surface area contributed by atoms with Gasteiger partial charge in [-0.15, -0.1) is 0 Å². The van der Waals surface area contributed by atoms with Gasteiger partial charge in [-0.2, -0.15) is 0 Å². The number of ether oxygens (including phenoxy) is 3. The van der Waals surface area contributed by atoms with Gasteiger partial charge in [-0.3, -0.25) is 9.59 Å². The third-order valence-electron chi connectivity index (χ3n) is 5.53. The molecule has 0 unspecified atom stereocenters. The number of piperazine rings is 1. The molecule has 0 radical (unpaired) electrons. The maximum Gasteiger partial charge on any atom is 0.270 e. The van der Waals surface area contributed by atoms with Crippen LogP contribution in [0.5, 0.6) is 17.2 Å². The molecule has 0 bridgehead atoms. The lowest BCUT2D eigenvalue weighted by molar-refractivity contribution is 0.0532. The first-order valence-corrected chi connectivity index (χ1v) is 10.0. The highest BCUT2D eigenvalue weighted by Gasteiger charge is 2.27. The molecule has 3 aromatic rings. The van der Waals surface area contributed by atoms with E-state index < -0.39 is 0 Å².